The van der Waals surface area contributed by atoms with Gasteiger partial charge in [0.05, 0.1) is 30.4 Å². The normalized spacial score (nSPS) is 17.4. The Bertz CT molecular complexity index is 2940. The molecule has 8 rings (SSSR count). The summed E-state index contributed by atoms with van der Waals surface area (Å²) in [6, 6.07) is 11.7. The van der Waals surface area contributed by atoms with Gasteiger partial charge in [-0.2, -0.15) is 14.9 Å². The molecule has 1 atom stereocenters. The quantitative estimate of drug-likeness (QED) is 0.0905. The van der Waals surface area contributed by atoms with Crippen LogP contribution in [-0.4, -0.2) is 89.2 Å². The number of piperidine rings is 1. The zero-order valence-electron chi connectivity index (χ0n) is 36.6. The zero-order chi connectivity index (χ0) is 45.6. The Hall–Kier alpha value is -6.85. The van der Waals surface area contributed by atoms with E-state index in [1.54, 1.807) is 49.3 Å². The van der Waals surface area contributed by atoms with Crippen molar-refractivity contribution >= 4 is 58.1 Å². The van der Waals surface area contributed by atoms with E-state index in [-0.39, 0.29) is 51.7 Å². The second-order valence-electron chi connectivity index (χ2n) is 17.5. The summed E-state index contributed by atoms with van der Waals surface area (Å²) < 4.78 is 19.8. The van der Waals surface area contributed by atoms with Gasteiger partial charge in [-0.3, -0.25) is 38.9 Å². The highest BCUT2D eigenvalue weighted by Crippen LogP contribution is 2.33. The molecule has 17 heteroatoms. The number of fused-ring (bicyclic) bond motifs is 3. The number of aliphatic hydroxyl groups excluding tert-OH is 1. The molecular formula is C47H51FN10O6. The van der Waals surface area contributed by atoms with Crippen molar-refractivity contribution < 1.29 is 23.9 Å². The van der Waals surface area contributed by atoms with Crippen LogP contribution in [0.25, 0.3) is 22.2 Å². The van der Waals surface area contributed by atoms with Crippen LogP contribution in [0.5, 0.6) is 0 Å². The molecule has 16 nitrogen and oxygen atoms in total. The summed E-state index contributed by atoms with van der Waals surface area (Å²) in [6.45, 7) is 13.8. The number of hydrogen-bond donors (Lipinski definition) is 3. The number of aliphatic imine (C=N–C) groups is 1. The number of aromatic nitrogens is 5. The molecule has 5 aromatic rings. The van der Waals surface area contributed by atoms with E-state index in [0.29, 0.717) is 59.5 Å². The standard InChI is InChI=1S/C47H51FN10O6/c1-7-32(35(26-59)42(49-5)58-46(64)41-28(22-50-58)18-30(20-36(41)48)47(2,3)4)29-19-37(45(63)54(6)23-29)51-39-21-31-24-55(16-17-57(31)53-39)15-9-11-27-10-8-12-33-34(27)25-56(44(33)62)38-13-14-40(60)52-43(38)61/h7-8,10,12,18-23,38,59H,5,9,11,13-17,24-26H2,1-4,6H3,(H,51,53)(H,52,60,61)/b32-7-,42-35+. The number of benzene rings is 2. The molecule has 0 radical (unpaired) electrons. The summed E-state index contributed by atoms with van der Waals surface area (Å²) in [6.07, 6.45) is 6.83. The van der Waals surface area contributed by atoms with Gasteiger partial charge in [-0.1, -0.05) is 39.0 Å². The van der Waals surface area contributed by atoms with E-state index in [0.717, 1.165) is 47.4 Å². The predicted octanol–water partition coefficient (Wildman–Crippen LogP) is 4.65. The molecule has 3 amide bonds. The van der Waals surface area contributed by atoms with Crippen molar-refractivity contribution in [1.82, 2.24) is 39.2 Å². The van der Waals surface area contributed by atoms with Crippen molar-refractivity contribution in [3.63, 3.8) is 0 Å². The first-order valence-corrected chi connectivity index (χ1v) is 21.3. The molecule has 3 N–H and O–H groups in total. The Labute approximate surface area is 368 Å². The fraction of sp³-hybridized carbons (Fsp3) is 0.362. The minimum absolute atomic E-state index is 0.0873. The summed E-state index contributed by atoms with van der Waals surface area (Å²) in [4.78, 5) is 72.9. The topological polar surface area (TPSA) is 189 Å². The molecular weight excluding hydrogens is 820 g/mol. The monoisotopic (exact) mass is 870 g/mol. The third-order valence-corrected chi connectivity index (χ3v) is 12.3. The number of aliphatic hydroxyl groups is 1. The van der Waals surface area contributed by atoms with Crippen molar-refractivity contribution in [2.75, 3.05) is 25.0 Å². The van der Waals surface area contributed by atoms with Gasteiger partial charge in [0.15, 0.2) is 11.6 Å². The second-order valence-corrected chi connectivity index (χ2v) is 17.5. The predicted molar refractivity (Wildman–Crippen MR) is 241 cm³/mol. The largest absolute Gasteiger partial charge is 0.392 e. The first-order valence-electron chi connectivity index (χ1n) is 21.3. The van der Waals surface area contributed by atoms with Crippen LogP contribution in [0.15, 0.2) is 81.1 Å². The van der Waals surface area contributed by atoms with Gasteiger partial charge in [0.2, 0.25) is 11.8 Å². The van der Waals surface area contributed by atoms with E-state index in [1.165, 1.54) is 16.8 Å². The summed E-state index contributed by atoms with van der Waals surface area (Å²) in [5.74, 6) is -1.22. The number of carbonyl (C=O) groups is 3. The van der Waals surface area contributed by atoms with Crippen molar-refractivity contribution in [2.24, 2.45) is 12.0 Å². The smallest absolute Gasteiger partial charge is 0.283 e. The van der Waals surface area contributed by atoms with Crippen molar-refractivity contribution in [3.05, 3.63) is 127 Å². The number of anilines is 2. The lowest BCUT2D eigenvalue weighted by Gasteiger charge is -2.29. The molecule has 0 spiro atoms. The molecule has 0 aliphatic carbocycles. The zero-order valence-corrected chi connectivity index (χ0v) is 36.6. The maximum absolute atomic E-state index is 15.5. The molecule has 64 heavy (non-hydrogen) atoms. The third kappa shape index (κ3) is 8.23. The molecule has 1 saturated heterocycles. The molecule has 3 aromatic heterocycles. The number of pyridine rings is 1. The number of carbonyl (C=O) groups excluding carboxylic acids is 3. The fourth-order valence-electron chi connectivity index (χ4n) is 8.94. The molecule has 0 saturated carbocycles. The number of halogens is 1. The number of hydrogen-bond acceptors (Lipinski definition) is 11. The van der Waals surface area contributed by atoms with Gasteiger partial charge in [-0.25, -0.2) is 9.38 Å². The molecule has 1 fully saturated rings. The SMILES string of the molecule is C=N/C(=C(CO)\C(=C/C)c1cc(Nc2cc3n(n2)CCN(CCCc2cccc4c2CN(C2CCC(=O)NC2=O)C4=O)C3)c(=O)n(C)c1)n1ncc2cc(C(C)(C)C)cc(F)c2c1=O. The van der Waals surface area contributed by atoms with Gasteiger partial charge in [0.1, 0.15) is 17.5 Å². The van der Waals surface area contributed by atoms with Crippen LogP contribution < -0.4 is 21.8 Å². The van der Waals surface area contributed by atoms with Gasteiger partial charge in [0, 0.05) is 67.5 Å². The lowest BCUT2D eigenvalue weighted by atomic mass is 9.86. The van der Waals surface area contributed by atoms with Crippen LogP contribution in [-0.2, 0) is 48.1 Å². The molecule has 6 heterocycles. The lowest BCUT2D eigenvalue weighted by Crippen LogP contribution is -2.52. The van der Waals surface area contributed by atoms with Gasteiger partial charge >= 0.3 is 0 Å². The van der Waals surface area contributed by atoms with Crippen LogP contribution >= 0.6 is 0 Å². The van der Waals surface area contributed by atoms with Crippen molar-refractivity contribution in [1.29, 1.82) is 0 Å². The number of imide groups is 1. The molecule has 1 unspecified atom stereocenters. The van der Waals surface area contributed by atoms with Crippen LogP contribution in [0.4, 0.5) is 15.9 Å². The second kappa shape index (κ2) is 17.4. The minimum atomic E-state index is -0.762. The van der Waals surface area contributed by atoms with E-state index in [9.17, 15) is 29.1 Å². The first-order chi connectivity index (χ1) is 30.6. The number of amides is 3. The van der Waals surface area contributed by atoms with Crippen LogP contribution in [0.1, 0.15) is 85.3 Å². The number of nitrogens with one attached hydrogen (secondary N) is 2. The van der Waals surface area contributed by atoms with E-state index < -0.39 is 29.9 Å². The van der Waals surface area contributed by atoms with Crippen molar-refractivity contribution in [3.8, 4) is 0 Å². The molecule has 0 bridgehead atoms. The summed E-state index contributed by atoms with van der Waals surface area (Å²) in [5.41, 5.74) is 4.20. The highest BCUT2D eigenvalue weighted by Gasteiger charge is 2.39. The average Bonchev–Trinajstić information content (AvgIpc) is 3.82. The molecule has 332 valence electrons. The fourth-order valence-corrected chi connectivity index (χ4v) is 8.94. The highest BCUT2D eigenvalue weighted by molar-refractivity contribution is 6.05. The molecule has 3 aliphatic rings. The molecule has 2 aromatic carbocycles. The summed E-state index contributed by atoms with van der Waals surface area (Å²) in [5, 5.41) is 25.6. The molecule has 3 aliphatic heterocycles. The van der Waals surface area contributed by atoms with E-state index in [1.807, 2.05) is 43.7 Å². The van der Waals surface area contributed by atoms with Crippen LogP contribution in [0.2, 0.25) is 0 Å². The Balaban J connectivity index is 0.971. The number of nitrogens with zero attached hydrogens (tertiary/aromatic N) is 8. The van der Waals surface area contributed by atoms with Crippen LogP contribution in [0.3, 0.4) is 0 Å². The first kappa shape index (κ1) is 43.8. The Kier molecular flexibility index (Phi) is 11.9. The van der Waals surface area contributed by atoms with E-state index in [2.05, 4.69) is 32.3 Å². The highest BCUT2D eigenvalue weighted by atomic mass is 19.1. The number of aryl methyl sites for hydroxylation is 2. The Morgan fingerprint density at radius 1 is 1.08 bits per heavy atom. The lowest BCUT2D eigenvalue weighted by molar-refractivity contribution is -0.136. The maximum Gasteiger partial charge on any atom is 0.283 e. The summed E-state index contributed by atoms with van der Waals surface area (Å²) >= 11 is 0. The Morgan fingerprint density at radius 2 is 1.88 bits per heavy atom. The maximum atomic E-state index is 15.5. The average molecular weight is 871 g/mol. The number of rotatable bonds is 12. The van der Waals surface area contributed by atoms with Crippen LogP contribution in [0, 0.1) is 5.82 Å². The number of allylic oxidation sites excluding steroid dienone is 1. The van der Waals surface area contributed by atoms with Gasteiger partial charge < -0.3 is 19.9 Å². The third-order valence-electron chi connectivity index (χ3n) is 12.3. The van der Waals surface area contributed by atoms with Gasteiger partial charge in [0.25, 0.3) is 17.0 Å². The van der Waals surface area contributed by atoms with E-state index >= 15 is 4.39 Å². The van der Waals surface area contributed by atoms with Gasteiger partial charge in [-0.15, -0.1) is 0 Å². The minimum Gasteiger partial charge on any atom is -0.392 e. The van der Waals surface area contributed by atoms with Crippen molar-refractivity contribution in [2.45, 2.75) is 84.5 Å². The van der Waals surface area contributed by atoms with E-state index in [4.69, 9.17) is 5.10 Å². The van der Waals surface area contributed by atoms with Gasteiger partial charge in [-0.05, 0) is 91.4 Å². The Morgan fingerprint density at radius 3 is 2.59 bits per heavy atom. The summed E-state index contributed by atoms with van der Waals surface area (Å²) in [7, 11) is 1.61.